The molecule has 0 saturated carbocycles. The van der Waals surface area contributed by atoms with Gasteiger partial charge in [-0.25, -0.2) is 0 Å². The molecule has 2 atom stereocenters. The van der Waals surface area contributed by atoms with Crippen LogP contribution in [0, 0.1) is 0 Å². The average molecular weight is 254 g/mol. The molecule has 1 saturated heterocycles. The van der Waals surface area contributed by atoms with E-state index in [2.05, 4.69) is 31.0 Å². The molecule has 0 aromatic rings. The van der Waals surface area contributed by atoms with Crippen LogP contribution in [0.5, 0.6) is 0 Å². The Labute approximate surface area is 112 Å². The number of carbonyl (C=O) groups excluding carboxylic acids is 1. The summed E-state index contributed by atoms with van der Waals surface area (Å²) >= 11 is 0. The van der Waals surface area contributed by atoms with Gasteiger partial charge >= 0.3 is 0 Å². The summed E-state index contributed by atoms with van der Waals surface area (Å²) in [5, 5.41) is 3.13. The normalized spacial score (nSPS) is 22.7. The SMILES string of the molecule is CCCCCC(C)NC(=O)CN1CCCCC1C. The van der Waals surface area contributed by atoms with Crippen LogP contribution in [0.3, 0.4) is 0 Å². The molecule has 1 amide bonds. The number of carbonyl (C=O) groups is 1. The minimum atomic E-state index is 0.202. The molecule has 106 valence electrons. The largest absolute Gasteiger partial charge is 0.353 e. The molecule has 0 spiro atoms. The third-order valence-corrected chi connectivity index (χ3v) is 3.94. The third kappa shape index (κ3) is 5.85. The van der Waals surface area contributed by atoms with Crippen molar-refractivity contribution in [3.8, 4) is 0 Å². The van der Waals surface area contributed by atoms with Crippen LogP contribution in [0.4, 0.5) is 0 Å². The monoisotopic (exact) mass is 254 g/mol. The summed E-state index contributed by atoms with van der Waals surface area (Å²) < 4.78 is 0. The van der Waals surface area contributed by atoms with E-state index in [4.69, 9.17) is 0 Å². The lowest BCUT2D eigenvalue weighted by Gasteiger charge is -2.32. The number of nitrogens with zero attached hydrogens (tertiary/aromatic N) is 1. The molecular formula is C15H30N2O. The lowest BCUT2D eigenvalue weighted by Crippen LogP contribution is -2.46. The van der Waals surface area contributed by atoms with Crippen molar-refractivity contribution in [3.05, 3.63) is 0 Å². The first-order valence-electron chi connectivity index (χ1n) is 7.67. The lowest BCUT2D eigenvalue weighted by molar-refractivity contribution is -0.123. The molecule has 2 unspecified atom stereocenters. The van der Waals surface area contributed by atoms with Crippen molar-refractivity contribution in [2.24, 2.45) is 0 Å². The second-order valence-electron chi connectivity index (χ2n) is 5.78. The van der Waals surface area contributed by atoms with Crippen LogP contribution in [-0.2, 0) is 4.79 Å². The molecule has 1 rings (SSSR count). The van der Waals surface area contributed by atoms with Gasteiger partial charge in [-0.1, -0.05) is 32.6 Å². The summed E-state index contributed by atoms with van der Waals surface area (Å²) in [5.41, 5.74) is 0. The molecule has 1 heterocycles. The Morgan fingerprint density at radius 2 is 2.17 bits per heavy atom. The molecule has 0 aromatic carbocycles. The van der Waals surface area contributed by atoms with E-state index in [0.717, 1.165) is 13.0 Å². The molecular weight excluding hydrogens is 224 g/mol. The number of hydrogen-bond acceptors (Lipinski definition) is 2. The van der Waals surface area contributed by atoms with Crippen molar-refractivity contribution < 1.29 is 4.79 Å². The van der Waals surface area contributed by atoms with E-state index in [0.29, 0.717) is 18.6 Å². The molecule has 3 nitrogen and oxygen atoms in total. The van der Waals surface area contributed by atoms with Crippen molar-refractivity contribution in [1.82, 2.24) is 10.2 Å². The fraction of sp³-hybridized carbons (Fsp3) is 0.933. The van der Waals surface area contributed by atoms with Gasteiger partial charge < -0.3 is 5.32 Å². The molecule has 1 fully saturated rings. The number of nitrogens with one attached hydrogen (secondary N) is 1. The van der Waals surface area contributed by atoms with Crippen LogP contribution in [0.2, 0.25) is 0 Å². The van der Waals surface area contributed by atoms with Gasteiger partial charge in [0.05, 0.1) is 6.54 Å². The number of amides is 1. The predicted molar refractivity (Wildman–Crippen MR) is 76.6 cm³/mol. The van der Waals surface area contributed by atoms with E-state index in [1.807, 2.05) is 0 Å². The number of hydrogen-bond donors (Lipinski definition) is 1. The summed E-state index contributed by atoms with van der Waals surface area (Å²) in [6, 6.07) is 0.893. The zero-order valence-corrected chi connectivity index (χ0v) is 12.4. The molecule has 0 radical (unpaired) electrons. The van der Waals surface area contributed by atoms with Gasteiger partial charge in [-0.15, -0.1) is 0 Å². The predicted octanol–water partition coefficient (Wildman–Crippen LogP) is 2.95. The van der Waals surface area contributed by atoms with E-state index in [9.17, 15) is 4.79 Å². The van der Waals surface area contributed by atoms with Crippen LogP contribution in [-0.4, -0.2) is 36.0 Å². The van der Waals surface area contributed by atoms with Crippen LogP contribution >= 0.6 is 0 Å². The highest BCUT2D eigenvalue weighted by molar-refractivity contribution is 5.78. The smallest absolute Gasteiger partial charge is 0.234 e. The fourth-order valence-corrected chi connectivity index (χ4v) is 2.67. The Kier molecular flexibility index (Phi) is 7.33. The van der Waals surface area contributed by atoms with Gasteiger partial charge in [0, 0.05) is 12.1 Å². The van der Waals surface area contributed by atoms with E-state index >= 15 is 0 Å². The van der Waals surface area contributed by atoms with E-state index in [1.165, 1.54) is 38.5 Å². The van der Waals surface area contributed by atoms with Crippen LogP contribution in [0.1, 0.15) is 65.7 Å². The number of piperidine rings is 1. The second kappa shape index (κ2) is 8.52. The summed E-state index contributed by atoms with van der Waals surface area (Å²) in [5.74, 6) is 0.202. The highest BCUT2D eigenvalue weighted by Gasteiger charge is 2.20. The summed E-state index contributed by atoms with van der Waals surface area (Å²) in [7, 11) is 0. The van der Waals surface area contributed by atoms with Gasteiger partial charge in [-0.05, 0) is 39.7 Å². The van der Waals surface area contributed by atoms with Gasteiger partial charge in [0.2, 0.25) is 5.91 Å². The van der Waals surface area contributed by atoms with E-state index in [1.54, 1.807) is 0 Å². The highest BCUT2D eigenvalue weighted by atomic mass is 16.2. The molecule has 1 aliphatic heterocycles. The van der Waals surface area contributed by atoms with Crippen molar-refractivity contribution >= 4 is 5.91 Å². The summed E-state index contributed by atoms with van der Waals surface area (Å²) in [4.78, 5) is 14.3. The Bertz CT molecular complexity index is 243. The average Bonchev–Trinajstić information content (AvgIpc) is 2.32. The zero-order chi connectivity index (χ0) is 13.4. The molecule has 1 aliphatic rings. The summed E-state index contributed by atoms with van der Waals surface area (Å²) in [6.07, 6.45) is 8.62. The standard InChI is InChI=1S/C15H30N2O/c1-4-5-6-9-13(2)16-15(18)12-17-11-8-7-10-14(17)3/h13-14H,4-12H2,1-3H3,(H,16,18). The van der Waals surface area contributed by atoms with Crippen molar-refractivity contribution in [2.75, 3.05) is 13.1 Å². The first kappa shape index (κ1) is 15.5. The lowest BCUT2D eigenvalue weighted by atomic mass is 10.0. The first-order valence-corrected chi connectivity index (χ1v) is 7.67. The maximum absolute atomic E-state index is 11.9. The maximum atomic E-state index is 11.9. The van der Waals surface area contributed by atoms with Crippen molar-refractivity contribution in [3.63, 3.8) is 0 Å². The molecule has 0 bridgehead atoms. The van der Waals surface area contributed by atoms with Gasteiger partial charge in [0.1, 0.15) is 0 Å². The minimum absolute atomic E-state index is 0.202. The Balaban J connectivity index is 2.19. The first-order chi connectivity index (χ1) is 8.63. The Morgan fingerprint density at radius 3 is 2.83 bits per heavy atom. The maximum Gasteiger partial charge on any atom is 0.234 e. The summed E-state index contributed by atoms with van der Waals surface area (Å²) in [6.45, 7) is 8.23. The molecule has 0 aliphatic carbocycles. The fourth-order valence-electron chi connectivity index (χ4n) is 2.67. The molecule has 0 aromatic heterocycles. The molecule has 3 heteroatoms. The van der Waals surface area contributed by atoms with Crippen LogP contribution in [0.15, 0.2) is 0 Å². The van der Waals surface area contributed by atoms with Crippen LogP contribution < -0.4 is 5.32 Å². The number of likely N-dealkylation sites (tertiary alicyclic amines) is 1. The topological polar surface area (TPSA) is 32.3 Å². The number of unbranched alkanes of at least 4 members (excludes halogenated alkanes) is 2. The zero-order valence-electron chi connectivity index (χ0n) is 12.4. The quantitative estimate of drug-likeness (QED) is 0.708. The molecule has 18 heavy (non-hydrogen) atoms. The number of rotatable bonds is 7. The Hall–Kier alpha value is -0.570. The van der Waals surface area contributed by atoms with Crippen LogP contribution in [0.25, 0.3) is 0 Å². The van der Waals surface area contributed by atoms with E-state index < -0.39 is 0 Å². The Morgan fingerprint density at radius 1 is 1.39 bits per heavy atom. The van der Waals surface area contributed by atoms with Gasteiger partial charge in [-0.3, -0.25) is 9.69 Å². The minimum Gasteiger partial charge on any atom is -0.353 e. The van der Waals surface area contributed by atoms with Gasteiger partial charge in [-0.2, -0.15) is 0 Å². The van der Waals surface area contributed by atoms with Gasteiger partial charge in [0.15, 0.2) is 0 Å². The van der Waals surface area contributed by atoms with Crippen molar-refractivity contribution in [2.45, 2.75) is 77.8 Å². The van der Waals surface area contributed by atoms with Crippen molar-refractivity contribution in [1.29, 1.82) is 0 Å². The highest BCUT2D eigenvalue weighted by Crippen LogP contribution is 2.15. The molecule has 1 N–H and O–H groups in total. The second-order valence-corrected chi connectivity index (χ2v) is 5.78. The van der Waals surface area contributed by atoms with E-state index in [-0.39, 0.29) is 5.91 Å². The third-order valence-electron chi connectivity index (χ3n) is 3.94. The van der Waals surface area contributed by atoms with Gasteiger partial charge in [0.25, 0.3) is 0 Å².